The van der Waals surface area contributed by atoms with Gasteiger partial charge in [-0.1, -0.05) is 36.4 Å². The highest BCUT2D eigenvalue weighted by molar-refractivity contribution is 5.83. The van der Waals surface area contributed by atoms with Crippen molar-refractivity contribution >= 4 is 11.8 Å². The maximum absolute atomic E-state index is 11.8. The van der Waals surface area contributed by atoms with Crippen molar-refractivity contribution in [3.05, 3.63) is 76.6 Å². The lowest BCUT2D eigenvalue weighted by atomic mass is 9.88. The third-order valence-corrected chi connectivity index (χ3v) is 11.2. The molecule has 264 valence electrons. The highest BCUT2D eigenvalue weighted by Gasteiger charge is 2.47. The van der Waals surface area contributed by atoms with Gasteiger partial charge in [0.2, 0.25) is 23.6 Å². The van der Waals surface area contributed by atoms with Crippen LogP contribution in [0.3, 0.4) is 0 Å². The topological polar surface area (TPSA) is 131 Å². The Morgan fingerprint density at radius 1 is 0.863 bits per heavy atom. The highest BCUT2D eigenvalue weighted by Crippen LogP contribution is 2.42. The Morgan fingerprint density at radius 2 is 1.55 bits per heavy atom. The molecule has 2 amide bonds. The van der Waals surface area contributed by atoms with Crippen LogP contribution in [-0.2, 0) is 22.6 Å². The average Bonchev–Trinajstić information content (AvgIpc) is 3.85. The molecule has 3 N–H and O–H groups in total. The second-order valence-electron chi connectivity index (χ2n) is 14.5. The molecular weight excluding hydrogens is 642 g/mol. The lowest BCUT2D eigenvalue weighted by Crippen LogP contribution is -2.66. The number of amides is 2. The first-order valence-corrected chi connectivity index (χ1v) is 18.0. The second kappa shape index (κ2) is 13.4. The summed E-state index contributed by atoms with van der Waals surface area (Å²) in [6, 6.07) is 15.3. The fourth-order valence-electron chi connectivity index (χ4n) is 8.57. The van der Waals surface area contributed by atoms with Gasteiger partial charge in [-0.2, -0.15) is 0 Å². The van der Waals surface area contributed by atoms with Crippen molar-refractivity contribution < 1.29 is 19.1 Å². The zero-order valence-corrected chi connectivity index (χ0v) is 29.8. The van der Waals surface area contributed by atoms with Gasteiger partial charge in [0.05, 0.1) is 37.3 Å². The standard InChI is InChI=1S/C40H45N7O4/c1-23-27(7-5-9-29(23)32-17-25-11-13-31(37(25)39(44-32)51-4)41-18-26-12-14-35(48)43-26)28-8-6-10-30(24(28)2)33-19-42-34(38(45-33)50-3)20-47-21-40(22-47)16-15-36(49)46-40/h5-10,17,19,26,31,41H,11-16,18,20-22H2,1-4H3,(H,43,48)(H,46,49)/t26-,31-/m0/s1. The molecule has 5 heterocycles. The minimum atomic E-state index is -0.0788. The molecule has 2 aromatic carbocycles. The van der Waals surface area contributed by atoms with Gasteiger partial charge in [0, 0.05) is 67.8 Å². The van der Waals surface area contributed by atoms with Crippen molar-refractivity contribution in [2.75, 3.05) is 33.9 Å². The molecule has 2 aromatic heterocycles. The lowest BCUT2D eigenvalue weighted by Gasteiger charge is -2.47. The minimum absolute atomic E-state index is 0.0788. The lowest BCUT2D eigenvalue weighted by molar-refractivity contribution is -0.121. The van der Waals surface area contributed by atoms with E-state index in [2.05, 4.69) is 77.2 Å². The predicted molar refractivity (Wildman–Crippen MR) is 194 cm³/mol. The monoisotopic (exact) mass is 687 g/mol. The van der Waals surface area contributed by atoms with Crippen LogP contribution in [0.5, 0.6) is 11.8 Å². The van der Waals surface area contributed by atoms with Crippen molar-refractivity contribution in [1.29, 1.82) is 0 Å². The number of hydrogen-bond donors (Lipinski definition) is 3. The highest BCUT2D eigenvalue weighted by atomic mass is 16.5. The van der Waals surface area contributed by atoms with E-state index in [0.717, 1.165) is 101 Å². The fraction of sp³-hybridized carbons (Fsp3) is 0.425. The maximum atomic E-state index is 11.8. The van der Waals surface area contributed by atoms with Crippen molar-refractivity contribution in [3.63, 3.8) is 0 Å². The van der Waals surface area contributed by atoms with Gasteiger partial charge < -0.3 is 25.4 Å². The van der Waals surface area contributed by atoms with E-state index in [9.17, 15) is 9.59 Å². The number of methoxy groups -OCH3 is 2. The normalized spacial score (nSPS) is 20.6. The molecule has 0 bridgehead atoms. The molecule has 1 aliphatic carbocycles. The molecule has 0 radical (unpaired) electrons. The fourth-order valence-corrected chi connectivity index (χ4v) is 8.57. The maximum Gasteiger partial charge on any atom is 0.237 e. The van der Waals surface area contributed by atoms with Crippen LogP contribution in [-0.4, -0.2) is 77.1 Å². The number of rotatable bonds is 10. The van der Waals surface area contributed by atoms with Crippen LogP contribution < -0.4 is 25.4 Å². The molecule has 0 saturated carbocycles. The van der Waals surface area contributed by atoms with Gasteiger partial charge in [-0.25, -0.2) is 9.97 Å². The van der Waals surface area contributed by atoms with Gasteiger partial charge in [0.15, 0.2) is 0 Å². The third-order valence-electron chi connectivity index (χ3n) is 11.2. The minimum Gasteiger partial charge on any atom is -0.481 e. The number of nitrogens with zero attached hydrogens (tertiary/aromatic N) is 4. The Morgan fingerprint density at radius 3 is 2.20 bits per heavy atom. The predicted octanol–water partition coefficient (Wildman–Crippen LogP) is 4.83. The van der Waals surface area contributed by atoms with Crippen molar-refractivity contribution in [2.45, 2.75) is 76.5 Å². The van der Waals surface area contributed by atoms with E-state index < -0.39 is 0 Å². The summed E-state index contributed by atoms with van der Waals surface area (Å²) in [5.41, 5.74) is 11.3. The van der Waals surface area contributed by atoms with Gasteiger partial charge in [0.25, 0.3) is 0 Å². The van der Waals surface area contributed by atoms with E-state index in [1.54, 1.807) is 14.2 Å². The molecule has 3 saturated heterocycles. The van der Waals surface area contributed by atoms with Crippen LogP contribution in [0.15, 0.2) is 48.7 Å². The number of carbonyl (C=O) groups is 2. The first kappa shape index (κ1) is 33.3. The molecule has 0 unspecified atom stereocenters. The average molecular weight is 688 g/mol. The van der Waals surface area contributed by atoms with Crippen molar-refractivity contribution in [2.24, 2.45) is 0 Å². The van der Waals surface area contributed by atoms with E-state index in [-0.39, 0.29) is 29.4 Å². The molecule has 1 spiro atoms. The van der Waals surface area contributed by atoms with Gasteiger partial charge in [-0.05, 0) is 73.4 Å². The molecule has 51 heavy (non-hydrogen) atoms. The molecular formula is C40H45N7O4. The first-order valence-electron chi connectivity index (χ1n) is 18.0. The molecule has 4 aliphatic rings. The van der Waals surface area contributed by atoms with Crippen LogP contribution in [0.2, 0.25) is 0 Å². The number of fused-ring (bicyclic) bond motifs is 1. The van der Waals surface area contributed by atoms with E-state index in [0.29, 0.717) is 31.1 Å². The second-order valence-corrected chi connectivity index (χ2v) is 14.5. The Bertz CT molecular complexity index is 2020. The quantitative estimate of drug-likeness (QED) is 0.215. The Kier molecular flexibility index (Phi) is 8.71. The van der Waals surface area contributed by atoms with Crippen LogP contribution in [0.25, 0.3) is 33.6 Å². The summed E-state index contributed by atoms with van der Waals surface area (Å²) in [7, 11) is 3.33. The summed E-state index contributed by atoms with van der Waals surface area (Å²) in [6.45, 7) is 7.29. The number of likely N-dealkylation sites (tertiary alicyclic amines) is 1. The van der Waals surface area contributed by atoms with Crippen molar-refractivity contribution in [1.82, 2.24) is 35.8 Å². The number of hydrogen-bond acceptors (Lipinski definition) is 9. The number of pyridine rings is 1. The van der Waals surface area contributed by atoms with Crippen LogP contribution >= 0.6 is 0 Å². The number of ether oxygens (including phenoxy) is 2. The summed E-state index contributed by atoms with van der Waals surface area (Å²) >= 11 is 0. The van der Waals surface area contributed by atoms with E-state index in [4.69, 9.17) is 24.4 Å². The number of aromatic nitrogens is 3. The summed E-state index contributed by atoms with van der Waals surface area (Å²) in [4.78, 5) is 40.5. The first-order chi connectivity index (χ1) is 24.7. The Balaban J connectivity index is 1.04. The molecule has 3 fully saturated rings. The number of benzene rings is 2. The number of carbonyl (C=O) groups excluding carboxylic acids is 2. The van der Waals surface area contributed by atoms with E-state index >= 15 is 0 Å². The summed E-state index contributed by atoms with van der Waals surface area (Å²) in [5.74, 6) is 1.46. The zero-order valence-electron chi connectivity index (χ0n) is 29.8. The molecule has 3 aliphatic heterocycles. The van der Waals surface area contributed by atoms with E-state index in [1.807, 2.05) is 6.20 Å². The van der Waals surface area contributed by atoms with Crippen LogP contribution in [0, 0.1) is 13.8 Å². The smallest absolute Gasteiger partial charge is 0.237 e. The van der Waals surface area contributed by atoms with Gasteiger partial charge in [-0.3, -0.25) is 19.5 Å². The molecule has 4 aromatic rings. The van der Waals surface area contributed by atoms with Crippen LogP contribution in [0.4, 0.5) is 0 Å². The SMILES string of the molecule is COc1nc(-c2cccc(-c3cccc(-c4cc5c(c(OC)n4)[C@@H](NC[C@@H]4CCC(=O)N4)CC5)c3C)c2C)cnc1CN1CC2(CCC(=O)N2)C1. The Labute approximate surface area is 298 Å². The number of aryl methyl sites for hydroxylation is 1. The zero-order chi connectivity index (χ0) is 35.3. The van der Waals surface area contributed by atoms with Gasteiger partial charge in [-0.15, -0.1) is 0 Å². The van der Waals surface area contributed by atoms with E-state index in [1.165, 1.54) is 5.56 Å². The largest absolute Gasteiger partial charge is 0.481 e. The third kappa shape index (κ3) is 6.22. The number of nitrogens with one attached hydrogen (secondary N) is 3. The molecule has 11 heteroatoms. The van der Waals surface area contributed by atoms with Gasteiger partial charge in [0.1, 0.15) is 5.69 Å². The molecule has 8 rings (SSSR count). The molecule has 11 nitrogen and oxygen atoms in total. The summed E-state index contributed by atoms with van der Waals surface area (Å²) in [5, 5.41) is 9.87. The summed E-state index contributed by atoms with van der Waals surface area (Å²) in [6.07, 6.45) is 6.72. The van der Waals surface area contributed by atoms with Crippen LogP contribution in [0.1, 0.15) is 66.1 Å². The van der Waals surface area contributed by atoms with Crippen molar-refractivity contribution in [3.8, 4) is 45.4 Å². The van der Waals surface area contributed by atoms with Gasteiger partial charge >= 0.3 is 0 Å². The molecule has 2 atom stereocenters. The summed E-state index contributed by atoms with van der Waals surface area (Å²) < 4.78 is 11.6. The Hall–Kier alpha value is -4.87.